The molecule has 1 N–H and O–H groups in total. The average molecular weight is 248 g/mol. The summed E-state index contributed by atoms with van der Waals surface area (Å²) < 4.78 is 0. The lowest BCUT2D eigenvalue weighted by Gasteiger charge is -2.04. The summed E-state index contributed by atoms with van der Waals surface area (Å²) in [7, 11) is 0. The minimum absolute atomic E-state index is 0.257. The largest absolute Gasteiger partial charge is 0.306 e. The maximum atomic E-state index is 11.8. The van der Waals surface area contributed by atoms with Crippen molar-refractivity contribution in [3.63, 3.8) is 0 Å². The van der Waals surface area contributed by atoms with Crippen LogP contribution in [0.15, 0.2) is 36.7 Å². The topological polar surface area (TPSA) is 54.9 Å². The summed E-state index contributed by atoms with van der Waals surface area (Å²) in [6.45, 7) is 1.86. The van der Waals surface area contributed by atoms with Crippen molar-refractivity contribution in [3.05, 3.63) is 52.9 Å². The number of anilines is 1. The number of aryl methyl sites for hydroxylation is 1. The number of hydrogen-bond donors (Lipinski definition) is 1. The molecule has 2 aromatic heterocycles. The molecule has 0 saturated heterocycles. The third-order valence-corrected chi connectivity index (χ3v) is 2.37. The van der Waals surface area contributed by atoms with Gasteiger partial charge in [0.15, 0.2) is 0 Å². The van der Waals surface area contributed by atoms with Crippen LogP contribution in [0.2, 0.25) is 5.02 Å². The molecule has 0 fully saturated rings. The highest BCUT2D eigenvalue weighted by Gasteiger charge is 2.06. The van der Waals surface area contributed by atoms with Gasteiger partial charge in [-0.05, 0) is 31.2 Å². The molecule has 0 bridgehead atoms. The normalized spacial score (nSPS) is 10.0. The van der Waals surface area contributed by atoms with Crippen LogP contribution in [-0.4, -0.2) is 15.9 Å². The van der Waals surface area contributed by atoms with Gasteiger partial charge in [-0.25, -0.2) is 4.98 Å². The van der Waals surface area contributed by atoms with Gasteiger partial charge in [0.1, 0.15) is 5.82 Å². The van der Waals surface area contributed by atoms with Gasteiger partial charge >= 0.3 is 0 Å². The standard InChI is InChI=1S/C12H10ClN3O/c1-8-2-3-9(7-15-8)12(17)16-11-6-10(13)4-5-14-11/h2-7H,1H3,(H,14,16,17). The fourth-order valence-electron chi connectivity index (χ4n) is 1.26. The lowest BCUT2D eigenvalue weighted by molar-refractivity contribution is 0.102. The Labute approximate surface area is 104 Å². The number of nitrogens with zero attached hydrogens (tertiary/aromatic N) is 2. The molecule has 0 aromatic carbocycles. The van der Waals surface area contributed by atoms with Crippen LogP contribution in [0.4, 0.5) is 5.82 Å². The van der Waals surface area contributed by atoms with Gasteiger partial charge in [0.2, 0.25) is 0 Å². The maximum absolute atomic E-state index is 11.8. The van der Waals surface area contributed by atoms with Crippen molar-refractivity contribution >= 4 is 23.3 Å². The zero-order valence-corrected chi connectivity index (χ0v) is 9.90. The summed E-state index contributed by atoms with van der Waals surface area (Å²) in [4.78, 5) is 19.8. The van der Waals surface area contributed by atoms with Gasteiger partial charge < -0.3 is 5.32 Å². The Kier molecular flexibility index (Phi) is 3.35. The first-order chi connectivity index (χ1) is 8.15. The van der Waals surface area contributed by atoms with Crippen LogP contribution in [-0.2, 0) is 0 Å². The molecule has 2 rings (SSSR count). The van der Waals surface area contributed by atoms with Gasteiger partial charge in [-0.2, -0.15) is 0 Å². The molecule has 4 nitrogen and oxygen atoms in total. The molecule has 0 aliphatic rings. The van der Waals surface area contributed by atoms with E-state index in [-0.39, 0.29) is 5.91 Å². The molecule has 0 radical (unpaired) electrons. The summed E-state index contributed by atoms with van der Waals surface area (Å²) >= 11 is 5.79. The number of hydrogen-bond acceptors (Lipinski definition) is 3. The summed E-state index contributed by atoms with van der Waals surface area (Å²) in [6.07, 6.45) is 3.06. The van der Waals surface area contributed by atoms with E-state index in [4.69, 9.17) is 11.6 Å². The molecular weight excluding hydrogens is 238 g/mol. The Balaban J connectivity index is 2.14. The van der Waals surface area contributed by atoms with Gasteiger partial charge in [0.25, 0.3) is 5.91 Å². The van der Waals surface area contributed by atoms with Crippen LogP contribution in [0.1, 0.15) is 16.1 Å². The molecule has 86 valence electrons. The summed E-state index contributed by atoms with van der Waals surface area (Å²) in [6, 6.07) is 6.72. The van der Waals surface area contributed by atoms with Crippen molar-refractivity contribution in [3.8, 4) is 0 Å². The van der Waals surface area contributed by atoms with Crippen LogP contribution in [0.5, 0.6) is 0 Å². The van der Waals surface area contributed by atoms with E-state index in [9.17, 15) is 4.79 Å². The number of pyridine rings is 2. The molecule has 0 unspecified atom stereocenters. The van der Waals surface area contributed by atoms with E-state index < -0.39 is 0 Å². The molecule has 5 heteroatoms. The SMILES string of the molecule is Cc1ccc(C(=O)Nc2cc(Cl)ccn2)cn1. The highest BCUT2D eigenvalue weighted by molar-refractivity contribution is 6.30. The molecule has 2 heterocycles. The van der Waals surface area contributed by atoms with Crippen LogP contribution in [0.3, 0.4) is 0 Å². The highest BCUT2D eigenvalue weighted by Crippen LogP contribution is 2.12. The molecular formula is C12H10ClN3O. The lowest BCUT2D eigenvalue weighted by Crippen LogP contribution is -2.13. The van der Waals surface area contributed by atoms with E-state index in [2.05, 4.69) is 15.3 Å². The van der Waals surface area contributed by atoms with Gasteiger partial charge in [-0.1, -0.05) is 11.6 Å². The van der Waals surface area contributed by atoms with Crippen molar-refractivity contribution in [2.75, 3.05) is 5.32 Å². The Morgan fingerprint density at radius 2 is 2.12 bits per heavy atom. The minimum Gasteiger partial charge on any atom is -0.306 e. The Hall–Kier alpha value is -1.94. The molecule has 0 spiro atoms. The fourth-order valence-corrected chi connectivity index (χ4v) is 1.42. The zero-order chi connectivity index (χ0) is 12.3. The number of carbonyl (C=O) groups is 1. The van der Waals surface area contributed by atoms with Crippen LogP contribution < -0.4 is 5.32 Å². The van der Waals surface area contributed by atoms with E-state index in [0.29, 0.717) is 16.4 Å². The van der Waals surface area contributed by atoms with Crippen molar-refractivity contribution in [2.45, 2.75) is 6.92 Å². The second kappa shape index (κ2) is 4.93. The zero-order valence-electron chi connectivity index (χ0n) is 9.14. The number of rotatable bonds is 2. The highest BCUT2D eigenvalue weighted by atomic mass is 35.5. The Bertz CT molecular complexity index is 540. The first kappa shape index (κ1) is 11.5. The van der Waals surface area contributed by atoms with Gasteiger partial charge in [-0.3, -0.25) is 9.78 Å². The van der Waals surface area contributed by atoms with Crippen molar-refractivity contribution in [1.82, 2.24) is 9.97 Å². The number of carbonyl (C=O) groups excluding carboxylic acids is 1. The monoisotopic (exact) mass is 247 g/mol. The number of aromatic nitrogens is 2. The van der Waals surface area contributed by atoms with Gasteiger partial charge in [0, 0.05) is 23.1 Å². The predicted molar refractivity (Wildman–Crippen MR) is 66.2 cm³/mol. The second-order valence-electron chi connectivity index (χ2n) is 3.50. The van der Waals surface area contributed by atoms with E-state index >= 15 is 0 Å². The third-order valence-electron chi connectivity index (χ3n) is 2.14. The first-order valence-electron chi connectivity index (χ1n) is 5.01. The fraction of sp³-hybridized carbons (Fsp3) is 0.0833. The lowest BCUT2D eigenvalue weighted by atomic mass is 10.2. The van der Waals surface area contributed by atoms with Crippen LogP contribution >= 0.6 is 11.6 Å². The Morgan fingerprint density at radius 3 is 2.76 bits per heavy atom. The predicted octanol–water partition coefficient (Wildman–Crippen LogP) is 2.69. The van der Waals surface area contributed by atoms with E-state index in [1.807, 2.05) is 6.92 Å². The summed E-state index contributed by atoms with van der Waals surface area (Å²) in [5.41, 5.74) is 1.35. The van der Waals surface area contributed by atoms with E-state index in [1.54, 1.807) is 24.3 Å². The molecule has 0 aliphatic heterocycles. The minimum atomic E-state index is -0.257. The van der Waals surface area contributed by atoms with Crippen molar-refractivity contribution < 1.29 is 4.79 Å². The third kappa shape index (κ3) is 3.01. The molecule has 17 heavy (non-hydrogen) atoms. The molecule has 0 atom stereocenters. The summed E-state index contributed by atoms with van der Waals surface area (Å²) in [5, 5.41) is 3.17. The van der Waals surface area contributed by atoms with Crippen molar-refractivity contribution in [1.29, 1.82) is 0 Å². The van der Waals surface area contributed by atoms with Gasteiger partial charge in [0.05, 0.1) is 5.56 Å². The molecule has 2 aromatic rings. The first-order valence-corrected chi connectivity index (χ1v) is 5.38. The second-order valence-corrected chi connectivity index (χ2v) is 3.94. The maximum Gasteiger partial charge on any atom is 0.258 e. The smallest absolute Gasteiger partial charge is 0.258 e. The van der Waals surface area contributed by atoms with Crippen LogP contribution in [0.25, 0.3) is 0 Å². The molecule has 0 aliphatic carbocycles. The number of halogens is 1. The van der Waals surface area contributed by atoms with Gasteiger partial charge in [-0.15, -0.1) is 0 Å². The average Bonchev–Trinajstić information content (AvgIpc) is 2.29. The molecule has 1 amide bonds. The number of nitrogens with one attached hydrogen (secondary N) is 1. The number of amides is 1. The summed E-state index contributed by atoms with van der Waals surface area (Å²) in [5.74, 6) is 0.162. The Morgan fingerprint density at radius 1 is 1.29 bits per heavy atom. The van der Waals surface area contributed by atoms with E-state index in [0.717, 1.165) is 5.69 Å². The van der Waals surface area contributed by atoms with Crippen LogP contribution in [0, 0.1) is 6.92 Å². The van der Waals surface area contributed by atoms with Crippen molar-refractivity contribution in [2.24, 2.45) is 0 Å². The quantitative estimate of drug-likeness (QED) is 0.888. The van der Waals surface area contributed by atoms with E-state index in [1.165, 1.54) is 12.4 Å². The molecule has 0 saturated carbocycles.